The van der Waals surface area contributed by atoms with Gasteiger partial charge < -0.3 is 10.4 Å². The van der Waals surface area contributed by atoms with Crippen LogP contribution in [-0.4, -0.2) is 23.0 Å². The molecule has 4 nitrogen and oxygen atoms in total. The summed E-state index contributed by atoms with van der Waals surface area (Å²) in [7, 11) is 0. The molecular formula is C13H16FNO3. The number of rotatable bonds is 4. The van der Waals surface area contributed by atoms with Crippen LogP contribution in [0.3, 0.4) is 0 Å². The van der Waals surface area contributed by atoms with Gasteiger partial charge in [-0.3, -0.25) is 9.59 Å². The number of hydrogen-bond donors (Lipinski definition) is 2. The second kappa shape index (κ2) is 5.16. The summed E-state index contributed by atoms with van der Waals surface area (Å²) in [5, 5.41) is 11.1. The van der Waals surface area contributed by atoms with E-state index >= 15 is 0 Å². The van der Waals surface area contributed by atoms with Gasteiger partial charge in [-0.15, -0.1) is 0 Å². The van der Waals surface area contributed by atoms with Crippen molar-refractivity contribution in [1.29, 1.82) is 0 Å². The van der Waals surface area contributed by atoms with Crippen molar-refractivity contribution in [3.05, 3.63) is 35.6 Å². The zero-order valence-electron chi connectivity index (χ0n) is 10.5. The summed E-state index contributed by atoms with van der Waals surface area (Å²) in [6.45, 7) is 4.70. The van der Waals surface area contributed by atoms with Gasteiger partial charge in [-0.1, -0.05) is 12.1 Å². The highest BCUT2D eigenvalue weighted by Gasteiger charge is 2.31. The number of benzene rings is 1. The second-order valence-corrected chi connectivity index (χ2v) is 4.67. The van der Waals surface area contributed by atoms with Crippen LogP contribution >= 0.6 is 0 Å². The zero-order valence-corrected chi connectivity index (χ0v) is 10.5. The van der Waals surface area contributed by atoms with Crippen molar-refractivity contribution in [2.24, 2.45) is 0 Å². The van der Waals surface area contributed by atoms with Crippen molar-refractivity contribution < 1.29 is 19.1 Å². The maximum absolute atomic E-state index is 12.8. The van der Waals surface area contributed by atoms with Gasteiger partial charge in [-0.05, 0) is 38.5 Å². The minimum Gasteiger partial charge on any atom is -0.480 e. The molecule has 0 bridgehead atoms. The molecule has 1 rings (SSSR count). The number of nitrogens with one attached hydrogen (secondary N) is 1. The maximum atomic E-state index is 12.8. The van der Waals surface area contributed by atoms with Crippen LogP contribution in [0.1, 0.15) is 26.3 Å². The van der Waals surface area contributed by atoms with E-state index in [0.717, 1.165) is 0 Å². The lowest BCUT2D eigenvalue weighted by atomic mass is 9.83. The molecule has 0 aliphatic rings. The Bertz CT molecular complexity index is 454. The zero-order chi connectivity index (χ0) is 13.9. The van der Waals surface area contributed by atoms with E-state index < -0.39 is 23.3 Å². The van der Waals surface area contributed by atoms with Gasteiger partial charge in [0.2, 0.25) is 5.91 Å². The molecule has 0 spiro atoms. The third kappa shape index (κ3) is 3.06. The standard InChI is InChI=1S/C13H16FNO3/c1-8(11(16)17)15-12(18)13(2,3)9-4-6-10(14)7-5-9/h4-8H,1-3H3,(H,15,18)(H,16,17)/t8-/m1/s1. The molecule has 1 atom stereocenters. The molecule has 1 amide bonds. The van der Waals surface area contributed by atoms with Gasteiger partial charge in [0.1, 0.15) is 11.9 Å². The molecule has 1 aromatic carbocycles. The summed E-state index contributed by atoms with van der Waals surface area (Å²) in [6, 6.07) is 4.61. The molecule has 5 heteroatoms. The quantitative estimate of drug-likeness (QED) is 0.858. The van der Waals surface area contributed by atoms with Crippen LogP contribution < -0.4 is 5.32 Å². The van der Waals surface area contributed by atoms with E-state index in [0.29, 0.717) is 5.56 Å². The summed E-state index contributed by atoms with van der Waals surface area (Å²) in [6.07, 6.45) is 0. The highest BCUT2D eigenvalue weighted by Crippen LogP contribution is 2.23. The summed E-state index contributed by atoms with van der Waals surface area (Å²) >= 11 is 0. The van der Waals surface area contributed by atoms with Crippen LogP contribution in [0.2, 0.25) is 0 Å². The monoisotopic (exact) mass is 253 g/mol. The summed E-state index contributed by atoms with van der Waals surface area (Å²) in [4.78, 5) is 22.7. The Hall–Kier alpha value is -1.91. The Balaban J connectivity index is 2.89. The van der Waals surface area contributed by atoms with E-state index in [2.05, 4.69) is 5.32 Å². The number of carboxylic acids is 1. The molecule has 0 aliphatic heterocycles. The number of hydrogen-bond acceptors (Lipinski definition) is 2. The van der Waals surface area contributed by atoms with E-state index in [-0.39, 0.29) is 5.82 Å². The largest absolute Gasteiger partial charge is 0.480 e. The summed E-state index contributed by atoms with van der Waals surface area (Å²) in [5.41, 5.74) is -0.295. The van der Waals surface area contributed by atoms with Crippen LogP contribution in [0, 0.1) is 5.82 Å². The fraction of sp³-hybridized carbons (Fsp3) is 0.385. The lowest BCUT2D eigenvalue weighted by Crippen LogP contribution is -2.47. The molecule has 98 valence electrons. The molecular weight excluding hydrogens is 237 g/mol. The van der Waals surface area contributed by atoms with Gasteiger partial charge in [-0.2, -0.15) is 0 Å². The summed E-state index contributed by atoms with van der Waals surface area (Å²) in [5.74, 6) is -1.89. The van der Waals surface area contributed by atoms with E-state index in [9.17, 15) is 14.0 Å². The van der Waals surface area contributed by atoms with Gasteiger partial charge in [0.25, 0.3) is 0 Å². The van der Waals surface area contributed by atoms with Crippen LogP contribution in [0.25, 0.3) is 0 Å². The second-order valence-electron chi connectivity index (χ2n) is 4.67. The van der Waals surface area contributed by atoms with Crippen molar-refractivity contribution in [2.75, 3.05) is 0 Å². The fourth-order valence-corrected chi connectivity index (χ4v) is 1.44. The average molecular weight is 253 g/mol. The normalized spacial score (nSPS) is 12.9. The first-order chi connectivity index (χ1) is 8.25. The van der Waals surface area contributed by atoms with E-state index in [1.54, 1.807) is 13.8 Å². The number of carbonyl (C=O) groups is 2. The molecule has 0 radical (unpaired) electrons. The highest BCUT2D eigenvalue weighted by atomic mass is 19.1. The average Bonchev–Trinajstić information content (AvgIpc) is 2.29. The molecule has 0 saturated carbocycles. The Morgan fingerprint density at radius 3 is 2.22 bits per heavy atom. The molecule has 0 fully saturated rings. The van der Waals surface area contributed by atoms with Crippen LogP contribution in [0.5, 0.6) is 0 Å². The first-order valence-corrected chi connectivity index (χ1v) is 5.55. The first-order valence-electron chi connectivity index (χ1n) is 5.55. The van der Waals surface area contributed by atoms with E-state index in [1.807, 2.05) is 0 Å². The number of aliphatic carboxylic acids is 1. The van der Waals surface area contributed by atoms with Crippen molar-refractivity contribution in [2.45, 2.75) is 32.2 Å². The van der Waals surface area contributed by atoms with Gasteiger partial charge >= 0.3 is 5.97 Å². The van der Waals surface area contributed by atoms with Crippen molar-refractivity contribution in [3.8, 4) is 0 Å². The minimum atomic E-state index is -1.10. The number of carbonyl (C=O) groups excluding carboxylic acids is 1. The third-order valence-electron chi connectivity index (χ3n) is 2.85. The fourth-order valence-electron chi connectivity index (χ4n) is 1.44. The SMILES string of the molecule is C[C@@H](NC(=O)C(C)(C)c1ccc(F)cc1)C(=O)O. The van der Waals surface area contributed by atoms with E-state index in [4.69, 9.17) is 5.11 Å². The molecule has 0 heterocycles. The van der Waals surface area contributed by atoms with Crippen LogP contribution in [0.4, 0.5) is 4.39 Å². The lowest BCUT2D eigenvalue weighted by Gasteiger charge is -2.25. The van der Waals surface area contributed by atoms with E-state index in [1.165, 1.54) is 31.2 Å². The third-order valence-corrected chi connectivity index (χ3v) is 2.85. The van der Waals surface area contributed by atoms with Gasteiger partial charge in [0, 0.05) is 0 Å². The Kier molecular flexibility index (Phi) is 4.06. The van der Waals surface area contributed by atoms with Crippen molar-refractivity contribution >= 4 is 11.9 Å². The molecule has 0 aromatic heterocycles. The minimum absolute atomic E-state index is 0.381. The smallest absolute Gasteiger partial charge is 0.325 e. The predicted octanol–water partition coefficient (Wildman–Crippen LogP) is 1.69. The Labute approximate surface area is 105 Å². The van der Waals surface area contributed by atoms with Crippen LogP contribution in [-0.2, 0) is 15.0 Å². The number of halogens is 1. The molecule has 0 unspecified atom stereocenters. The number of carboxylic acid groups (broad SMARTS) is 1. The molecule has 1 aromatic rings. The predicted molar refractivity (Wildman–Crippen MR) is 64.7 cm³/mol. The van der Waals surface area contributed by atoms with Gasteiger partial charge in [-0.25, -0.2) is 4.39 Å². The molecule has 0 saturated heterocycles. The lowest BCUT2D eigenvalue weighted by molar-refractivity contribution is -0.142. The topological polar surface area (TPSA) is 66.4 Å². The van der Waals surface area contributed by atoms with Crippen LogP contribution in [0.15, 0.2) is 24.3 Å². The molecule has 2 N–H and O–H groups in total. The summed E-state index contributed by atoms with van der Waals surface area (Å²) < 4.78 is 12.8. The van der Waals surface area contributed by atoms with Gasteiger partial charge in [0.05, 0.1) is 5.41 Å². The Morgan fingerprint density at radius 1 is 1.28 bits per heavy atom. The molecule has 18 heavy (non-hydrogen) atoms. The van der Waals surface area contributed by atoms with Gasteiger partial charge in [0.15, 0.2) is 0 Å². The Morgan fingerprint density at radius 2 is 1.78 bits per heavy atom. The van der Waals surface area contributed by atoms with Crippen molar-refractivity contribution in [3.63, 3.8) is 0 Å². The molecule has 0 aliphatic carbocycles. The van der Waals surface area contributed by atoms with Crippen molar-refractivity contribution in [1.82, 2.24) is 5.32 Å². The highest BCUT2D eigenvalue weighted by molar-refractivity contribution is 5.90. The maximum Gasteiger partial charge on any atom is 0.325 e. The first kappa shape index (κ1) is 14.2. The number of amides is 1.